The Labute approximate surface area is 77.8 Å². The minimum Gasteiger partial charge on any atom is -0.397 e. The van der Waals surface area contributed by atoms with Crippen molar-refractivity contribution >= 4 is 16.6 Å². The number of rotatable bonds is 1. The topological polar surface area (TPSA) is 41.8 Å². The molecular formula is C11H14N2. The van der Waals surface area contributed by atoms with Crippen LogP contribution in [0.5, 0.6) is 0 Å². The molecule has 0 aliphatic carbocycles. The molecule has 0 aliphatic heterocycles. The zero-order valence-corrected chi connectivity index (χ0v) is 7.96. The number of aromatic amines is 1. The fourth-order valence-electron chi connectivity index (χ4n) is 1.64. The van der Waals surface area contributed by atoms with Crippen LogP contribution in [-0.4, -0.2) is 4.98 Å². The van der Waals surface area contributed by atoms with E-state index < -0.39 is 0 Å². The van der Waals surface area contributed by atoms with Crippen LogP contribution in [0.3, 0.4) is 0 Å². The number of para-hydroxylation sites is 1. The van der Waals surface area contributed by atoms with Gasteiger partial charge in [0.1, 0.15) is 0 Å². The van der Waals surface area contributed by atoms with E-state index in [4.69, 9.17) is 5.73 Å². The van der Waals surface area contributed by atoms with Crippen molar-refractivity contribution in [2.24, 2.45) is 0 Å². The molecule has 0 radical (unpaired) electrons. The summed E-state index contributed by atoms with van der Waals surface area (Å²) in [5, 5.41) is 1.13. The van der Waals surface area contributed by atoms with E-state index in [1.165, 1.54) is 0 Å². The lowest BCUT2D eigenvalue weighted by atomic mass is 10.1. The van der Waals surface area contributed by atoms with Gasteiger partial charge >= 0.3 is 0 Å². The van der Waals surface area contributed by atoms with E-state index in [9.17, 15) is 0 Å². The Morgan fingerprint density at radius 1 is 1.23 bits per heavy atom. The summed E-state index contributed by atoms with van der Waals surface area (Å²) in [6.45, 7) is 4.28. The highest BCUT2D eigenvalue weighted by Gasteiger charge is 2.09. The van der Waals surface area contributed by atoms with Crippen molar-refractivity contribution in [3.63, 3.8) is 0 Å². The van der Waals surface area contributed by atoms with Crippen molar-refractivity contribution in [1.82, 2.24) is 4.98 Å². The van der Waals surface area contributed by atoms with Crippen molar-refractivity contribution < 1.29 is 0 Å². The summed E-state index contributed by atoms with van der Waals surface area (Å²) < 4.78 is 0. The van der Waals surface area contributed by atoms with Crippen LogP contribution in [0.25, 0.3) is 10.9 Å². The number of hydrogen-bond acceptors (Lipinski definition) is 1. The van der Waals surface area contributed by atoms with Gasteiger partial charge in [-0.15, -0.1) is 0 Å². The van der Waals surface area contributed by atoms with Crippen molar-refractivity contribution in [3.8, 4) is 0 Å². The maximum atomic E-state index is 6.01. The summed E-state index contributed by atoms with van der Waals surface area (Å²) in [4.78, 5) is 3.34. The first kappa shape index (κ1) is 8.17. The molecule has 1 heterocycles. The van der Waals surface area contributed by atoms with E-state index in [2.05, 4.69) is 24.9 Å². The predicted molar refractivity (Wildman–Crippen MR) is 56.8 cm³/mol. The Morgan fingerprint density at radius 3 is 2.54 bits per heavy atom. The fraction of sp³-hybridized carbons (Fsp3) is 0.273. The molecule has 68 valence electrons. The van der Waals surface area contributed by atoms with Gasteiger partial charge in [0.25, 0.3) is 0 Å². The molecule has 2 aromatic rings. The van der Waals surface area contributed by atoms with E-state index >= 15 is 0 Å². The number of nitrogens with one attached hydrogen (secondary N) is 1. The van der Waals surface area contributed by atoms with Gasteiger partial charge in [0.2, 0.25) is 0 Å². The summed E-state index contributed by atoms with van der Waals surface area (Å²) in [5.41, 5.74) is 9.17. The number of anilines is 1. The second-order valence-electron chi connectivity index (χ2n) is 3.65. The van der Waals surface area contributed by atoms with E-state index in [0.29, 0.717) is 5.92 Å². The molecule has 0 fully saturated rings. The van der Waals surface area contributed by atoms with Crippen LogP contribution in [0, 0.1) is 0 Å². The van der Waals surface area contributed by atoms with Gasteiger partial charge in [-0.3, -0.25) is 0 Å². The number of benzene rings is 1. The average Bonchev–Trinajstić information content (AvgIpc) is 2.45. The molecule has 3 N–H and O–H groups in total. The molecular weight excluding hydrogens is 160 g/mol. The highest BCUT2D eigenvalue weighted by Crippen LogP contribution is 2.29. The minimum atomic E-state index is 0.451. The number of H-pyrrole nitrogens is 1. The molecule has 2 nitrogen and oxygen atoms in total. The standard InChI is InChI=1S/C11H14N2/c1-7(2)11-10(12)8-5-3-4-6-9(8)13-11/h3-7,13H,12H2,1-2H3. The first-order valence-corrected chi connectivity index (χ1v) is 4.56. The van der Waals surface area contributed by atoms with Gasteiger partial charge in [-0.25, -0.2) is 0 Å². The Kier molecular flexibility index (Phi) is 1.76. The Morgan fingerprint density at radius 2 is 1.92 bits per heavy atom. The lowest BCUT2D eigenvalue weighted by molar-refractivity contribution is 0.840. The highest BCUT2D eigenvalue weighted by molar-refractivity contribution is 5.93. The van der Waals surface area contributed by atoms with Gasteiger partial charge in [0.15, 0.2) is 0 Å². The predicted octanol–water partition coefficient (Wildman–Crippen LogP) is 2.87. The van der Waals surface area contributed by atoms with Gasteiger partial charge in [-0.1, -0.05) is 32.0 Å². The zero-order chi connectivity index (χ0) is 9.42. The molecule has 0 spiro atoms. The number of fused-ring (bicyclic) bond motifs is 1. The van der Waals surface area contributed by atoms with Crippen molar-refractivity contribution in [2.75, 3.05) is 5.73 Å². The van der Waals surface area contributed by atoms with Crippen molar-refractivity contribution in [2.45, 2.75) is 19.8 Å². The third kappa shape index (κ3) is 1.18. The van der Waals surface area contributed by atoms with E-state index in [-0.39, 0.29) is 0 Å². The zero-order valence-electron chi connectivity index (χ0n) is 7.96. The molecule has 1 aromatic heterocycles. The highest BCUT2D eigenvalue weighted by atomic mass is 14.8. The molecule has 0 saturated heterocycles. The van der Waals surface area contributed by atoms with E-state index in [1.807, 2.05) is 18.2 Å². The first-order valence-electron chi connectivity index (χ1n) is 4.56. The quantitative estimate of drug-likeness (QED) is 0.685. The van der Waals surface area contributed by atoms with Crippen LogP contribution in [0.2, 0.25) is 0 Å². The summed E-state index contributed by atoms with van der Waals surface area (Å²) >= 11 is 0. The molecule has 0 saturated carbocycles. The van der Waals surface area contributed by atoms with Gasteiger partial charge in [-0.05, 0) is 12.0 Å². The van der Waals surface area contributed by atoms with Crippen LogP contribution in [0.4, 0.5) is 5.69 Å². The first-order chi connectivity index (χ1) is 6.20. The van der Waals surface area contributed by atoms with Gasteiger partial charge in [0.05, 0.1) is 5.69 Å². The van der Waals surface area contributed by atoms with E-state index in [0.717, 1.165) is 22.3 Å². The van der Waals surface area contributed by atoms with Crippen LogP contribution < -0.4 is 5.73 Å². The molecule has 13 heavy (non-hydrogen) atoms. The molecule has 2 heteroatoms. The molecule has 0 atom stereocenters. The van der Waals surface area contributed by atoms with Crippen LogP contribution >= 0.6 is 0 Å². The Balaban J connectivity index is 2.74. The Hall–Kier alpha value is -1.44. The van der Waals surface area contributed by atoms with Gasteiger partial charge in [-0.2, -0.15) is 0 Å². The van der Waals surface area contributed by atoms with Gasteiger partial charge < -0.3 is 10.7 Å². The molecule has 0 aliphatic rings. The average molecular weight is 174 g/mol. The summed E-state index contributed by atoms with van der Waals surface area (Å²) in [5.74, 6) is 0.451. The number of nitrogens with two attached hydrogens (primary N) is 1. The minimum absolute atomic E-state index is 0.451. The number of hydrogen-bond donors (Lipinski definition) is 2. The van der Waals surface area contributed by atoms with Gasteiger partial charge in [0, 0.05) is 16.6 Å². The van der Waals surface area contributed by atoms with E-state index in [1.54, 1.807) is 0 Å². The maximum Gasteiger partial charge on any atom is 0.0607 e. The summed E-state index contributed by atoms with van der Waals surface area (Å²) in [7, 11) is 0. The molecule has 2 rings (SSSR count). The SMILES string of the molecule is CC(C)c1[nH]c2ccccc2c1N. The number of nitrogen functional groups attached to an aromatic ring is 1. The summed E-state index contributed by atoms with van der Waals surface area (Å²) in [6, 6.07) is 8.13. The summed E-state index contributed by atoms with van der Waals surface area (Å²) in [6.07, 6.45) is 0. The molecule has 0 bridgehead atoms. The fourth-order valence-corrected chi connectivity index (χ4v) is 1.64. The maximum absolute atomic E-state index is 6.01. The molecule has 0 unspecified atom stereocenters. The lowest BCUT2D eigenvalue weighted by Crippen LogP contribution is -1.93. The van der Waals surface area contributed by atoms with Crippen molar-refractivity contribution in [3.05, 3.63) is 30.0 Å². The smallest absolute Gasteiger partial charge is 0.0607 e. The Bertz CT molecular complexity index is 427. The van der Waals surface area contributed by atoms with Crippen LogP contribution in [0.1, 0.15) is 25.5 Å². The largest absolute Gasteiger partial charge is 0.397 e. The van der Waals surface area contributed by atoms with Crippen LogP contribution in [-0.2, 0) is 0 Å². The number of aromatic nitrogens is 1. The third-order valence-electron chi connectivity index (χ3n) is 2.35. The molecule has 1 aromatic carbocycles. The van der Waals surface area contributed by atoms with Crippen molar-refractivity contribution in [1.29, 1.82) is 0 Å². The lowest BCUT2D eigenvalue weighted by Gasteiger charge is -2.01. The van der Waals surface area contributed by atoms with Crippen LogP contribution in [0.15, 0.2) is 24.3 Å². The monoisotopic (exact) mass is 174 g/mol. The second-order valence-corrected chi connectivity index (χ2v) is 3.65. The second kappa shape index (κ2) is 2.80. The normalized spacial score (nSPS) is 11.3. The molecule has 0 amide bonds. The third-order valence-corrected chi connectivity index (χ3v) is 2.35.